The molecule has 0 saturated heterocycles. The zero-order valence-corrected chi connectivity index (χ0v) is 14.9. The van der Waals surface area contributed by atoms with Crippen LogP contribution in [0, 0.1) is 0 Å². The lowest BCUT2D eigenvalue weighted by molar-refractivity contribution is 0.294. The van der Waals surface area contributed by atoms with E-state index in [1.165, 1.54) is 0 Å². The lowest BCUT2D eigenvalue weighted by Gasteiger charge is -2.06. The van der Waals surface area contributed by atoms with Crippen LogP contribution in [0.4, 0.5) is 0 Å². The summed E-state index contributed by atoms with van der Waals surface area (Å²) in [5.41, 5.74) is 5.16. The third kappa shape index (κ3) is 2.75. The molecule has 1 N–H and O–H groups in total. The maximum Gasteiger partial charge on any atom is 0.197 e. The molecule has 0 saturated carbocycles. The zero-order valence-electron chi connectivity index (χ0n) is 14.9. The van der Waals surface area contributed by atoms with Gasteiger partial charge in [0.05, 0.1) is 24.8 Å². The number of nitrogens with zero attached hydrogens (tertiary/aromatic N) is 4. The predicted molar refractivity (Wildman–Crippen MR) is 103 cm³/mol. The van der Waals surface area contributed by atoms with Gasteiger partial charge in [-0.3, -0.25) is 4.57 Å². The number of hydrogen-bond donors (Lipinski definition) is 1. The molecule has 0 aliphatic carbocycles. The predicted octanol–water partition coefficient (Wildman–Crippen LogP) is 4.25. The molecule has 26 heavy (non-hydrogen) atoms. The lowest BCUT2D eigenvalue weighted by Crippen LogP contribution is -1.97. The number of rotatable bonds is 4. The first-order valence-electron chi connectivity index (χ1n) is 8.36. The summed E-state index contributed by atoms with van der Waals surface area (Å²) in [4.78, 5) is 16.9. The SMILES string of the molecule is CC=C(C=C(C)OC)c1cnc2ncn(-c3ccc4[nH]ccc4c3)c2n1. The second-order valence-corrected chi connectivity index (χ2v) is 5.97. The van der Waals surface area contributed by atoms with Crippen molar-refractivity contribution in [2.75, 3.05) is 7.11 Å². The molecule has 0 amide bonds. The summed E-state index contributed by atoms with van der Waals surface area (Å²) in [5, 5.41) is 1.14. The molecule has 130 valence electrons. The highest BCUT2D eigenvalue weighted by molar-refractivity contribution is 5.83. The second kappa shape index (κ2) is 6.48. The maximum absolute atomic E-state index is 5.25. The Hall–Kier alpha value is -3.41. The van der Waals surface area contributed by atoms with Crippen molar-refractivity contribution in [3.8, 4) is 5.69 Å². The highest BCUT2D eigenvalue weighted by Crippen LogP contribution is 2.22. The largest absolute Gasteiger partial charge is 0.501 e. The van der Waals surface area contributed by atoms with Crippen LogP contribution in [0.15, 0.2) is 60.9 Å². The van der Waals surface area contributed by atoms with Crippen LogP contribution in [0.25, 0.3) is 33.5 Å². The van der Waals surface area contributed by atoms with Gasteiger partial charge in [-0.25, -0.2) is 15.0 Å². The van der Waals surface area contributed by atoms with E-state index in [1.807, 2.05) is 48.9 Å². The fourth-order valence-corrected chi connectivity index (χ4v) is 2.89. The Morgan fingerprint density at radius 3 is 2.92 bits per heavy atom. The van der Waals surface area contributed by atoms with E-state index in [0.29, 0.717) is 5.65 Å². The van der Waals surface area contributed by atoms with Crippen LogP contribution in [0.3, 0.4) is 0 Å². The van der Waals surface area contributed by atoms with E-state index in [9.17, 15) is 0 Å². The summed E-state index contributed by atoms with van der Waals surface area (Å²) in [6, 6.07) is 8.24. The fourth-order valence-electron chi connectivity index (χ4n) is 2.89. The van der Waals surface area contributed by atoms with Crippen molar-refractivity contribution in [3.05, 3.63) is 66.6 Å². The molecular formula is C20H19N5O. The van der Waals surface area contributed by atoms with Gasteiger partial charge in [-0.05, 0) is 44.2 Å². The number of allylic oxidation sites excluding steroid dienone is 4. The van der Waals surface area contributed by atoms with Gasteiger partial charge in [-0.2, -0.15) is 0 Å². The fraction of sp³-hybridized carbons (Fsp3) is 0.150. The molecule has 0 aliphatic heterocycles. The number of H-pyrrole nitrogens is 1. The molecule has 0 atom stereocenters. The van der Waals surface area contributed by atoms with E-state index in [-0.39, 0.29) is 0 Å². The Morgan fingerprint density at radius 2 is 2.12 bits per heavy atom. The summed E-state index contributed by atoms with van der Waals surface area (Å²) in [5.74, 6) is 0.811. The minimum atomic E-state index is 0.616. The second-order valence-electron chi connectivity index (χ2n) is 5.97. The molecule has 0 aliphatic rings. The molecular weight excluding hydrogens is 326 g/mol. The molecule has 4 rings (SSSR count). The summed E-state index contributed by atoms with van der Waals surface area (Å²) in [7, 11) is 1.65. The molecule has 0 spiro atoms. The molecule has 3 heterocycles. The van der Waals surface area contributed by atoms with Gasteiger partial charge in [0.15, 0.2) is 11.3 Å². The van der Waals surface area contributed by atoms with Crippen molar-refractivity contribution in [1.29, 1.82) is 0 Å². The van der Waals surface area contributed by atoms with E-state index >= 15 is 0 Å². The third-order valence-corrected chi connectivity index (χ3v) is 4.36. The van der Waals surface area contributed by atoms with Crippen LogP contribution in [-0.4, -0.2) is 31.6 Å². The standard InChI is InChI=1S/C20H19N5O/c1-4-14(9-13(2)26-3)18-11-22-19-20(24-18)25(12-23-19)16-5-6-17-15(10-16)7-8-21-17/h4-12,21H,1-3H3. The molecule has 0 unspecified atom stereocenters. The van der Waals surface area contributed by atoms with Crippen molar-refractivity contribution in [2.45, 2.75) is 13.8 Å². The Morgan fingerprint density at radius 1 is 1.23 bits per heavy atom. The maximum atomic E-state index is 5.25. The molecule has 6 nitrogen and oxygen atoms in total. The van der Waals surface area contributed by atoms with E-state index < -0.39 is 0 Å². The zero-order chi connectivity index (χ0) is 18.1. The van der Waals surface area contributed by atoms with Gasteiger partial charge in [0.25, 0.3) is 0 Å². The number of benzene rings is 1. The van der Waals surface area contributed by atoms with E-state index in [4.69, 9.17) is 9.72 Å². The normalized spacial score (nSPS) is 12.9. The topological polar surface area (TPSA) is 68.6 Å². The number of ether oxygens (including phenoxy) is 1. The third-order valence-electron chi connectivity index (χ3n) is 4.36. The van der Waals surface area contributed by atoms with Crippen LogP contribution in [0.2, 0.25) is 0 Å². The Balaban J connectivity index is 1.84. The molecule has 0 fully saturated rings. The van der Waals surface area contributed by atoms with Crippen LogP contribution < -0.4 is 0 Å². The van der Waals surface area contributed by atoms with E-state index in [2.05, 4.69) is 27.1 Å². The van der Waals surface area contributed by atoms with Crippen LogP contribution in [0.1, 0.15) is 19.5 Å². The van der Waals surface area contributed by atoms with E-state index in [0.717, 1.165) is 39.3 Å². The Bertz CT molecular complexity index is 1150. The highest BCUT2D eigenvalue weighted by Gasteiger charge is 2.11. The number of nitrogens with one attached hydrogen (secondary N) is 1. The number of aromatic amines is 1. The smallest absolute Gasteiger partial charge is 0.197 e. The van der Waals surface area contributed by atoms with Gasteiger partial charge in [0.2, 0.25) is 0 Å². The average Bonchev–Trinajstić information content (AvgIpc) is 3.31. The number of aromatic nitrogens is 5. The summed E-state index contributed by atoms with van der Waals surface area (Å²) in [6.07, 6.45) is 9.37. The minimum Gasteiger partial charge on any atom is -0.501 e. The number of methoxy groups -OCH3 is 1. The molecule has 0 bridgehead atoms. The van der Waals surface area contributed by atoms with Crippen molar-refractivity contribution >= 4 is 27.8 Å². The van der Waals surface area contributed by atoms with Crippen molar-refractivity contribution in [2.24, 2.45) is 0 Å². The molecule has 6 heteroatoms. The van der Waals surface area contributed by atoms with Gasteiger partial charge in [0.1, 0.15) is 6.33 Å². The number of fused-ring (bicyclic) bond motifs is 2. The first-order chi connectivity index (χ1) is 12.7. The van der Waals surface area contributed by atoms with Gasteiger partial charge in [-0.15, -0.1) is 0 Å². The highest BCUT2D eigenvalue weighted by atomic mass is 16.5. The first kappa shape index (κ1) is 16.1. The minimum absolute atomic E-state index is 0.616. The van der Waals surface area contributed by atoms with Crippen molar-refractivity contribution in [1.82, 2.24) is 24.5 Å². The summed E-state index contributed by atoms with van der Waals surface area (Å²) < 4.78 is 7.21. The van der Waals surface area contributed by atoms with Crippen LogP contribution in [-0.2, 0) is 4.74 Å². The van der Waals surface area contributed by atoms with Crippen molar-refractivity contribution < 1.29 is 4.74 Å². The summed E-state index contributed by atoms with van der Waals surface area (Å²) >= 11 is 0. The Labute approximate surface area is 150 Å². The Kier molecular flexibility index (Phi) is 4.01. The van der Waals surface area contributed by atoms with Crippen LogP contribution >= 0.6 is 0 Å². The van der Waals surface area contributed by atoms with Crippen molar-refractivity contribution in [3.63, 3.8) is 0 Å². The average molecular weight is 345 g/mol. The monoisotopic (exact) mass is 345 g/mol. The van der Waals surface area contributed by atoms with Crippen LogP contribution in [0.5, 0.6) is 0 Å². The van der Waals surface area contributed by atoms with Gasteiger partial charge in [0, 0.05) is 28.4 Å². The molecule has 3 aromatic heterocycles. The molecule has 0 radical (unpaired) electrons. The molecule has 4 aromatic rings. The number of imidazole rings is 1. The van der Waals surface area contributed by atoms with Gasteiger partial charge < -0.3 is 9.72 Å². The van der Waals surface area contributed by atoms with E-state index in [1.54, 1.807) is 19.6 Å². The van der Waals surface area contributed by atoms with Gasteiger partial charge >= 0.3 is 0 Å². The number of hydrogen-bond acceptors (Lipinski definition) is 4. The quantitative estimate of drug-likeness (QED) is 0.443. The first-order valence-corrected chi connectivity index (χ1v) is 8.36. The molecule has 1 aromatic carbocycles. The lowest BCUT2D eigenvalue weighted by atomic mass is 10.1. The summed E-state index contributed by atoms with van der Waals surface area (Å²) in [6.45, 7) is 3.88. The van der Waals surface area contributed by atoms with Gasteiger partial charge in [-0.1, -0.05) is 6.08 Å².